The van der Waals surface area contributed by atoms with Crippen LogP contribution in [0, 0.1) is 6.92 Å². The van der Waals surface area contributed by atoms with Gasteiger partial charge in [-0.2, -0.15) is 15.0 Å². The van der Waals surface area contributed by atoms with Crippen LogP contribution in [-0.4, -0.2) is 33.0 Å². The zero-order chi connectivity index (χ0) is 17.2. The highest BCUT2D eigenvalue weighted by Crippen LogP contribution is 2.18. The Morgan fingerprint density at radius 2 is 1.83 bits per heavy atom. The summed E-state index contributed by atoms with van der Waals surface area (Å²) >= 11 is 0. The van der Waals surface area contributed by atoms with E-state index in [1.807, 2.05) is 30.3 Å². The predicted molar refractivity (Wildman–Crippen MR) is 87.5 cm³/mol. The van der Waals surface area contributed by atoms with Crippen LogP contribution in [-0.2, 0) is 23.6 Å². The summed E-state index contributed by atoms with van der Waals surface area (Å²) in [5, 5.41) is 8.10. The molecule has 0 bridgehead atoms. The van der Waals surface area contributed by atoms with Crippen molar-refractivity contribution in [2.24, 2.45) is 7.05 Å². The molecular weight excluding hydrogens is 328 g/mol. The second-order valence-electron chi connectivity index (χ2n) is 5.41. The topological polar surface area (TPSA) is 94.7 Å². The average Bonchev–Trinajstić information content (AvgIpc) is 3.18. The molecule has 2 aromatic heterocycles. The summed E-state index contributed by atoms with van der Waals surface area (Å²) < 4.78 is 29.7. The van der Waals surface area contributed by atoms with Gasteiger partial charge in [0.2, 0.25) is 0 Å². The molecule has 1 aromatic carbocycles. The molecule has 0 aliphatic heterocycles. The fourth-order valence-corrected chi connectivity index (χ4v) is 3.56. The third-order valence-corrected chi connectivity index (χ3v) is 5.02. The lowest BCUT2D eigenvalue weighted by Gasteiger charge is -2.18. The molecule has 126 valence electrons. The molecule has 9 heteroatoms. The van der Waals surface area contributed by atoms with Crippen molar-refractivity contribution in [3.63, 3.8) is 0 Å². The Kier molecular flexibility index (Phi) is 4.45. The molecule has 3 rings (SSSR count). The first-order chi connectivity index (χ1) is 11.5. The van der Waals surface area contributed by atoms with E-state index in [-0.39, 0.29) is 11.6 Å². The van der Waals surface area contributed by atoms with E-state index in [4.69, 9.17) is 0 Å². The number of imidazole rings is 1. The summed E-state index contributed by atoms with van der Waals surface area (Å²) in [4.78, 5) is 5.55. The van der Waals surface area contributed by atoms with E-state index in [9.17, 15) is 8.42 Å². The summed E-state index contributed by atoms with van der Waals surface area (Å²) in [5.74, 6) is 0.625. The number of rotatable bonds is 6. The second-order valence-corrected chi connectivity index (χ2v) is 7.07. The van der Waals surface area contributed by atoms with Crippen LogP contribution in [0.25, 0.3) is 0 Å². The average molecular weight is 346 g/mol. The second kappa shape index (κ2) is 6.54. The van der Waals surface area contributed by atoms with Gasteiger partial charge in [0.05, 0.1) is 25.0 Å². The van der Waals surface area contributed by atoms with Crippen molar-refractivity contribution in [3.8, 4) is 0 Å². The molecule has 1 unspecified atom stereocenters. The van der Waals surface area contributed by atoms with Gasteiger partial charge < -0.3 is 4.57 Å². The first kappa shape index (κ1) is 16.3. The van der Waals surface area contributed by atoms with Gasteiger partial charge in [-0.1, -0.05) is 30.3 Å². The van der Waals surface area contributed by atoms with Crippen molar-refractivity contribution in [1.82, 2.24) is 29.3 Å². The highest BCUT2D eigenvalue weighted by Gasteiger charge is 2.24. The number of nitrogens with one attached hydrogen (secondary N) is 1. The minimum Gasteiger partial charge on any atom is -0.337 e. The van der Waals surface area contributed by atoms with Crippen LogP contribution in [0.5, 0.6) is 0 Å². The van der Waals surface area contributed by atoms with Crippen LogP contribution in [0.3, 0.4) is 0 Å². The van der Waals surface area contributed by atoms with Crippen molar-refractivity contribution in [2.75, 3.05) is 0 Å². The third-order valence-electron chi connectivity index (χ3n) is 3.67. The monoisotopic (exact) mass is 346 g/mol. The lowest BCUT2D eigenvalue weighted by molar-refractivity contribution is 0.444. The first-order valence-electron chi connectivity index (χ1n) is 7.37. The maximum Gasteiger partial charge on any atom is 0.260 e. The van der Waals surface area contributed by atoms with Crippen LogP contribution >= 0.6 is 0 Å². The number of aromatic nitrogens is 5. The number of hydrogen-bond donors (Lipinski definition) is 1. The van der Waals surface area contributed by atoms with Crippen molar-refractivity contribution in [3.05, 3.63) is 60.3 Å². The summed E-state index contributed by atoms with van der Waals surface area (Å²) in [6.07, 6.45) is 4.60. The van der Waals surface area contributed by atoms with Gasteiger partial charge >= 0.3 is 0 Å². The maximum absolute atomic E-state index is 12.7. The highest BCUT2D eigenvalue weighted by molar-refractivity contribution is 7.89. The van der Waals surface area contributed by atoms with Crippen molar-refractivity contribution in [2.45, 2.75) is 24.5 Å². The minimum atomic E-state index is -3.76. The van der Waals surface area contributed by atoms with Crippen molar-refractivity contribution in [1.29, 1.82) is 0 Å². The van der Waals surface area contributed by atoms with Crippen LogP contribution in [0.15, 0.2) is 53.9 Å². The summed E-state index contributed by atoms with van der Waals surface area (Å²) in [5.41, 5.74) is 0.825. The Hall–Kier alpha value is -2.52. The number of benzene rings is 1. The predicted octanol–water partition coefficient (Wildman–Crippen LogP) is 1.04. The van der Waals surface area contributed by atoms with Gasteiger partial charge in [0, 0.05) is 13.2 Å². The molecule has 0 radical (unpaired) electrons. The van der Waals surface area contributed by atoms with Crippen LogP contribution in [0.4, 0.5) is 0 Å². The molecule has 0 aliphatic rings. The van der Waals surface area contributed by atoms with Gasteiger partial charge in [0.15, 0.2) is 5.03 Å². The molecular formula is C15H18N6O2S. The molecule has 0 saturated carbocycles. The highest BCUT2D eigenvalue weighted by atomic mass is 32.2. The lowest BCUT2D eigenvalue weighted by Crippen LogP contribution is -2.32. The molecule has 3 aromatic rings. The van der Waals surface area contributed by atoms with E-state index in [0.717, 1.165) is 5.56 Å². The standard InChI is InChI=1S/C15H18N6O2S/c1-12-18-15(11-20(12)2)24(22,23)19-14(10-21-16-8-9-17-21)13-6-4-3-5-7-13/h3-9,11,14,19H,10H2,1-2H3. The van der Waals surface area contributed by atoms with Gasteiger partial charge in [-0.3, -0.25) is 0 Å². The van der Waals surface area contributed by atoms with Gasteiger partial charge in [-0.05, 0) is 12.5 Å². The largest absolute Gasteiger partial charge is 0.337 e. The minimum absolute atomic E-state index is 0.00291. The zero-order valence-electron chi connectivity index (χ0n) is 13.4. The molecule has 24 heavy (non-hydrogen) atoms. The molecule has 2 heterocycles. The van der Waals surface area contributed by atoms with E-state index in [1.165, 1.54) is 11.0 Å². The molecule has 0 amide bonds. The van der Waals surface area contributed by atoms with Gasteiger partial charge in [0.25, 0.3) is 10.0 Å². The third kappa shape index (κ3) is 3.52. The lowest BCUT2D eigenvalue weighted by atomic mass is 10.1. The quantitative estimate of drug-likeness (QED) is 0.720. The van der Waals surface area contributed by atoms with E-state index in [0.29, 0.717) is 5.82 Å². The molecule has 0 spiro atoms. The SMILES string of the molecule is Cc1nc(S(=O)(=O)NC(Cn2nccn2)c2ccccc2)cn1C. The van der Waals surface area contributed by atoms with E-state index >= 15 is 0 Å². The molecule has 0 aliphatic carbocycles. The molecule has 0 saturated heterocycles. The fourth-order valence-electron chi connectivity index (χ4n) is 2.30. The Morgan fingerprint density at radius 1 is 1.17 bits per heavy atom. The maximum atomic E-state index is 12.7. The zero-order valence-corrected chi connectivity index (χ0v) is 14.2. The fraction of sp³-hybridized carbons (Fsp3) is 0.267. The smallest absolute Gasteiger partial charge is 0.260 e. The molecule has 8 nitrogen and oxygen atoms in total. The number of nitrogens with zero attached hydrogens (tertiary/aromatic N) is 5. The van der Waals surface area contributed by atoms with Crippen LogP contribution in [0.2, 0.25) is 0 Å². The Labute approximate surface area is 140 Å². The van der Waals surface area contributed by atoms with Gasteiger partial charge in [-0.25, -0.2) is 18.1 Å². The number of hydrogen-bond acceptors (Lipinski definition) is 5. The van der Waals surface area contributed by atoms with Gasteiger partial charge in [-0.15, -0.1) is 0 Å². The number of sulfonamides is 1. The van der Waals surface area contributed by atoms with Crippen molar-refractivity contribution < 1.29 is 8.42 Å². The van der Waals surface area contributed by atoms with Gasteiger partial charge in [0.1, 0.15) is 5.82 Å². The normalized spacial score (nSPS) is 13.1. The first-order valence-corrected chi connectivity index (χ1v) is 8.85. The van der Waals surface area contributed by atoms with E-state index in [1.54, 1.807) is 30.9 Å². The summed E-state index contributed by atoms with van der Waals surface area (Å²) in [7, 11) is -2.01. The Bertz CT molecular complexity index is 883. The van der Waals surface area contributed by atoms with Crippen molar-refractivity contribution >= 4 is 10.0 Å². The Morgan fingerprint density at radius 3 is 2.42 bits per heavy atom. The molecule has 1 N–H and O–H groups in total. The van der Waals surface area contributed by atoms with E-state index < -0.39 is 16.1 Å². The van der Waals surface area contributed by atoms with Crippen LogP contribution in [0.1, 0.15) is 17.4 Å². The molecule has 1 atom stereocenters. The number of aryl methyl sites for hydroxylation is 2. The Balaban J connectivity index is 1.91. The summed E-state index contributed by atoms with van der Waals surface area (Å²) in [6, 6.07) is 8.81. The summed E-state index contributed by atoms with van der Waals surface area (Å²) in [6.45, 7) is 2.03. The molecule has 0 fully saturated rings. The van der Waals surface area contributed by atoms with E-state index in [2.05, 4.69) is 19.9 Å². The van der Waals surface area contributed by atoms with Crippen LogP contribution < -0.4 is 4.72 Å².